The summed E-state index contributed by atoms with van der Waals surface area (Å²) < 4.78 is 35.7. The van der Waals surface area contributed by atoms with Gasteiger partial charge in [0.25, 0.3) is 0 Å². The van der Waals surface area contributed by atoms with Crippen LogP contribution >= 0.6 is 11.8 Å². The van der Waals surface area contributed by atoms with Gasteiger partial charge in [-0.25, -0.2) is 0 Å². The van der Waals surface area contributed by atoms with Crippen LogP contribution in [0.2, 0.25) is 0 Å². The lowest BCUT2D eigenvalue weighted by molar-refractivity contribution is -0.105. The van der Waals surface area contributed by atoms with E-state index in [1.165, 1.54) is 0 Å². The lowest BCUT2D eigenvalue weighted by atomic mass is 10.2. The zero-order valence-electron chi connectivity index (χ0n) is 7.56. The van der Waals surface area contributed by atoms with Crippen LogP contribution in [0, 0.1) is 6.92 Å². The van der Waals surface area contributed by atoms with Crippen LogP contribution in [0.1, 0.15) is 5.56 Å². The number of halogens is 3. The fourth-order valence-corrected chi connectivity index (χ4v) is 1.67. The molecular formula is C9H10F3NS. The second-order valence-electron chi connectivity index (χ2n) is 2.95. The Balaban J connectivity index is 2.68. The third kappa shape index (κ3) is 3.49. The van der Waals surface area contributed by atoms with Crippen molar-refractivity contribution in [1.82, 2.24) is 0 Å². The fourth-order valence-electron chi connectivity index (χ4n) is 0.959. The molecular weight excluding hydrogens is 211 g/mol. The third-order valence-corrected chi connectivity index (χ3v) is 2.71. The summed E-state index contributed by atoms with van der Waals surface area (Å²) in [7, 11) is 0. The minimum Gasteiger partial charge on any atom is -0.398 e. The Labute approximate surface area is 84.5 Å². The number of thioether (sulfide) groups is 1. The number of anilines is 1. The fraction of sp³-hybridized carbons (Fsp3) is 0.333. The van der Waals surface area contributed by atoms with Gasteiger partial charge in [0.15, 0.2) is 0 Å². The van der Waals surface area contributed by atoms with E-state index in [9.17, 15) is 13.2 Å². The van der Waals surface area contributed by atoms with E-state index in [0.717, 1.165) is 5.56 Å². The molecule has 1 nitrogen and oxygen atoms in total. The lowest BCUT2D eigenvalue weighted by Gasteiger charge is -2.08. The van der Waals surface area contributed by atoms with Crippen LogP contribution in [0.25, 0.3) is 0 Å². The highest BCUT2D eigenvalue weighted by Crippen LogP contribution is 2.31. The molecule has 0 bridgehead atoms. The number of hydrogen-bond donors (Lipinski definition) is 1. The van der Waals surface area contributed by atoms with E-state index in [2.05, 4.69) is 0 Å². The van der Waals surface area contributed by atoms with Crippen molar-refractivity contribution in [1.29, 1.82) is 0 Å². The van der Waals surface area contributed by atoms with Crippen LogP contribution in [0.5, 0.6) is 0 Å². The number of aryl methyl sites for hydroxylation is 1. The maximum Gasteiger partial charge on any atom is 0.398 e. The number of benzene rings is 1. The first-order chi connectivity index (χ1) is 6.38. The third-order valence-electron chi connectivity index (χ3n) is 1.56. The Morgan fingerprint density at radius 1 is 1.36 bits per heavy atom. The molecule has 1 rings (SSSR count). The summed E-state index contributed by atoms with van der Waals surface area (Å²) in [6, 6.07) is 5.02. The van der Waals surface area contributed by atoms with Crippen molar-refractivity contribution < 1.29 is 13.2 Å². The smallest absolute Gasteiger partial charge is 0.398 e. The molecule has 0 saturated heterocycles. The second kappa shape index (κ2) is 4.13. The zero-order chi connectivity index (χ0) is 10.8. The molecule has 2 N–H and O–H groups in total. The van der Waals surface area contributed by atoms with Gasteiger partial charge in [-0.1, -0.05) is 6.07 Å². The van der Waals surface area contributed by atoms with E-state index in [0.29, 0.717) is 22.3 Å². The van der Waals surface area contributed by atoms with Gasteiger partial charge in [0.05, 0.1) is 5.75 Å². The van der Waals surface area contributed by atoms with Crippen LogP contribution in [0.4, 0.5) is 18.9 Å². The highest BCUT2D eigenvalue weighted by atomic mass is 32.2. The molecule has 14 heavy (non-hydrogen) atoms. The lowest BCUT2D eigenvalue weighted by Crippen LogP contribution is -2.10. The van der Waals surface area contributed by atoms with Crippen molar-refractivity contribution in [3.05, 3.63) is 23.8 Å². The molecule has 0 aliphatic carbocycles. The Morgan fingerprint density at radius 3 is 2.50 bits per heavy atom. The molecule has 0 heterocycles. The van der Waals surface area contributed by atoms with E-state index in [1.54, 1.807) is 18.2 Å². The van der Waals surface area contributed by atoms with Gasteiger partial charge in [-0.3, -0.25) is 0 Å². The highest BCUT2D eigenvalue weighted by molar-refractivity contribution is 7.99. The first kappa shape index (κ1) is 11.2. The summed E-state index contributed by atoms with van der Waals surface area (Å²) in [6.07, 6.45) is -4.15. The van der Waals surface area contributed by atoms with Crippen molar-refractivity contribution in [2.24, 2.45) is 0 Å². The van der Waals surface area contributed by atoms with Gasteiger partial charge in [-0.2, -0.15) is 13.2 Å². The Morgan fingerprint density at radius 2 is 2.00 bits per heavy atom. The molecule has 0 atom stereocenters. The van der Waals surface area contributed by atoms with Crippen LogP contribution in [-0.2, 0) is 0 Å². The van der Waals surface area contributed by atoms with Gasteiger partial charge in [-0.15, -0.1) is 11.8 Å². The number of hydrogen-bond acceptors (Lipinski definition) is 2. The SMILES string of the molecule is Cc1ccc(SCC(F)(F)F)c(N)c1. The normalized spacial score (nSPS) is 11.7. The van der Waals surface area contributed by atoms with Gasteiger partial charge >= 0.3 is 6.18 Å². The summed E-state index contributed by atoms with van der Waals surface area (Å²) in [5.74, 6) is -0.903. The predicted octanol–water partition coefficient (Wildman–Crippen LogP) is 3.23. The first-order valence-electron chi connectivity index (χ1n) is 3.94. The summed E-state index contributed by atoms with van der Waals surface area (Å²) in [4.78, 5) is 0.480. The van der Waals surface area contributed by atoms with Gasteiger partial charge in [-0.05, 0) is 24.6 Å². The van der Waals surface area contributed by atoms with E-state index in [-0.39, 0.29) is 0 Å². The molecule has 0 unspecified atom stereocenters. The van der Waals surface area contributed by atoms with Crippen LogP contribution in [-0.4, -0.2) is 11.9 Å². The van der Waals surface area contributed by atoms with Gasteiger partial charge < -0.3 is 5.73 Å². The van der Waals surface area contributed by atoms with Gasteiger partial charge in [0, 0.05) is 10.6 Å². The van der Waals surface area contributed by atoms with E-state index < -0.39 is 11.9 Å². The zero-order valence-corrected chi connectivity index (χ0v) is 8.38. The summed E-state index contributed by atoms with van der Waals surface area (Å²) in [5, 5.41) is 0. The molecule has 0 saturated carbocycles. The van der Waals surface area contributed by atoms with Crippen molar-refractivity contribution in [3.8, 4) is 0 Å². The van der Waals surface area contributed by atoms with Crippen molar-refractivity contribution >= 4 is 17.4 Å². The number of nitrogen functional groups attached to an aromatic ring is 1. The summed E-state index contributed by atoms with van der Waals surface area (Å²) >= 11 is 0.713. The van der Waals surface area contributed by atoms with Crippen LogP contribution < -0.4 is 5.73 Å². The Bertz CT molecular complexity index is 322. The minimum atomic E-state index is -4.15. The number of alkyl halides is 3. The summed E-state index contributed by atoms with van der Waals surface area (Å²) in [5.41, 5.74) is 6.91. The molecule has 0 aromatic heterocycles. The van der Waals surface area contributed by atoms with Crippen molar-refractivity contribution in [2.75, 3.05) is 11.5 Å². The molecule has 1 aromatic rings. The van der Waals surface area contributed by atoms with E-state index in [1.807, 2.05) is 6.92 Å². The molecule has 5 heteroatoms. The van der Waals surface area contributed by atoms with Crippen LogP contribution in [0.15, 0.2) is 23.1 Å². The Hall–Kier alpha value is -0.840. The number of nitrogens with two attached hydrogens (primary N) is 1. The average Bonchev–Trinajstić information content (AvgIpc) is 2.00. The molecule has 0 amide bonds. The van der Waals surface area contributed by atoms with E-state index >= 15 is 0 Å². The number of rotatable bonds is 2. The highest BCUT2D eigenvalue weighted by Gasteiger charge is 2.27. The molecule has 0 radical (unpaired) electrons. The molecule has 0 fully saturated rings. The average molecular weight is 221 g/mol. The molecule has 0 aliphatic heterocycles. The molecule has 78 valence electrons. The van der Waals surface area contributed by atoms with Crippen molar-refractivity contribution in [2.45, 2.75) is 18.0 Å². The topological polar surface area (TPSA) is 26.0 Å². The second-order valence-corrected chi connectivity index (χ2v) is 3.96. The monoisotopic (exact) mass is 221 g/mol. The first-order valence-corrected chi connectivity index (χ1v) is 4.93. The maximum absolute atomic E-state index is 11.9. The maximum atomic E-state index is 11.9. The van der Waals surface area contributed by atoms with Crippen LogP contribution in [0.3, 0.4) is 0 Å². The molecule has 0 spiro atoms. The summed E-state index contributed by atoms with van der Waals surface area (Å²) in [6.45, 7) is 1.84. The molecule has 0 aliphatic rings. The van der Waals surface area contributed by atoms with Gasteiger partial charge in [0.2, 0.25) is 0 Å². The Kier molecular flexibility index (Phi) is 3.31. The quantitative estimate of drug-likeness (QED) is 0.613. The van der Waals surface area contributed by atoms with Crippen molar-refractivity contribution in [3.63, 3.8) is 0 Å². The standard InChI is InChI=1S/C9H10F3NS/c1-6-2-3-8(7(13)4-6)14-5-9(10,11)12/h2-4H,5,13H2,1H3. The largest absolute Gasteiger partial charge is 0.398 e. The van der Waals surface area contributed by atoms with Gasteiger partial charge in [0.1, 0.15) is 0 Å². The minimum absolute atomic E-state index is 0.402. The van der Waals surface area contributed by atoms with E-state index in [4.69, 9.17) is 5.73 Å². The predicted molar refractivity (Wildman–Crippen MR) is 52.4 cm³/mol. The molecule has 1 aromatic carbocycles.